The van der Waals surface area contributed by atoms with E-state index in [0.717, 1.165) is 0 Å². The molecule has 1 N–H and O–H groups in total. The average molecular weight is 197 g/mol. The van der Waals surface area contributed by atoms with Crippen molar-refractivity contribution in [2.75, 3.05) is 45.9 Å². The molecule has 3 heteroatoms. The van der Waals surface area contributed by atoms with Gasteiger partial charge in [0.15, 0.2) is 0 Å². The Balaban J connectivity index is 1.71. The molecule has 0 spiro atoms. The number of hydrogen-bond donors (Lipinski definition) is 1. The maximum Gasteiger partial charge on any atom is 0.0507 e. The fourth-order valence-corrected chi connectivity index (χ4v) is 2.41. The Morgan fingerprint density at radius 1 is 0.714 bits per heavy atom. The third-order valence-corrected chi connectivity index (χ3v) is 3.31. The zero-order chi connectivity index (χ0) is 9.64. The van der Waals surface area contributed by atoms with Crippen LogP contribution in [-0.4, -0.2) is 55.7 Å². The molecule has 2 aliphatic heterocycles. The fraction of sp³-hybridized carbons (Fsp3) is 1.00. The van der Waals surface area contributed by atoms with E-state index in [4.69, 9.17) is 0 Å². The van der Waals surface area contributed by atoms with Crippen LogP contribution in [0.2, 0.25) is 0 Å². The quantitative estimate of drug-likeness (QED) is 0.704. The van der Waals surface area contributed by atoms with Crippen LogP contribution in [0.15, 0.2) is 0 Å². The van der Waals surface area contributed by atoms with Crippen LogP contribution in [0.3, 0.4) is 0 Å². The molecule has 2 heterocycles. The lowest BCUT2D eigenvalue weighted by Gasteiger charge is -2.32. The van der Waals surface area contributed by atoms with Crippen LogP contribution in [-0.2, 0) is 0 Å². The Morgan fingerprint density at radius 2 is 1.29 bits per heavy atom. The average Bonchev–Trinajstić information content (AvgIpc) is 2.48. The normalized spacial score (nSPS) is 27.4. The van der Waals surface area contributed by atoms with Gasteiger partial charge in [0.05, 0.1) is 6.67 Å². The zero-order valence-corrected chi connectivity index (χ0v) is 9.17. The molecule has 0 unspecified atom stereocenters. The van der Waals surface area contributed by atoms with Gasteiger partial charge in [0.2, 0.25) is 0 Å². The number of nitrogens with zero attached hydrogens (tertiary/aromatic N) is 2. The summed E-state index contributed by atoms with van der Waals surface area (Å²) in [7, 11) is 0. The van der Waals surface area contributed by atoms with E-state index in [1.165, 1.54) is 71.6 Å². The highest BCUT2D eigenvalue weighted by molar-refractivity contribution is 4.69. The third-order valence-electron chi connectivity index (χ3n) is 3.31. The molecule has 0 atom stereocenters. The van der Waals surface area contributed by atoms with Crippen LogP contribution in [0, 0.1) is 0 Å². The van der Waals surface area contributed by atoms with Crippen LogP contribution in [0.5, 0.6) is 0 Å². The van der Waals surface area contributed by atoms with Gasteiger partial charge in [-0.3, -0.25) is 9.80 Å². The Bertz CT molecular complexity index is 147. The van der Waals surface area contributed by atoms with E-state index in [1.807, 2.05) is 0 Å². The van der Waals surface area contributed by atoms with Gasteiger partial charge in [-0.05, 0) is 25.9 Å². The van der Waals surface area contributed by atoms with E-state index < -0.39 is 0 Å². The first kappa shape index (κ1) is 10.4. The summed E-state index contributed by atoms with van der Waals surface area (Å²) in [5, 5.41) is 3.40. The van der Waals surface area contributed by atoms with E-state index >= 15 is 0 Å². The fourth-order valence-electron chi connectivity index (χ4n) is 2.41. The number of hydrogen-bond acceptors (Lipinski definition) is 3. The van der Waals surface area contributed by atoms with Crippen molar-refractivity contribution in [3.05, 3.63) is 0 Å². The van der Waals surface area contributed by atoms with Crippen molar-refractivity contribution >= 4 is 0 Å². The zero-order valence-electron chi connectivity index (χ0n) is 9.17. The molecule has 3 nitrogen and oxygen atoms in total. The molecule has 82 valence electrons. The van der Waals surface area contributed by atoms with Gasteiger partial charge in [-0.2, -0.15) is 0 Å². The van der Waals surface area contributed by atoms with E-state index in [9.17, 15) is 0 Å². The Labute approximate surface area is 87.4 Å². The lowest BCUT2D eigenvalue weighted by molar-refractivity contribution is 0.122. The second-order valence-corrected chi connectivity index (χ2v) is 4.54. The van der Waals surface area contributed by atoms with Gasteiger partial charge in [-0.25, -0.2) is 0 Å². The van der Waals surface area contributed by atoms with Crippen molar-refractivity contribution in [2.24, 2.45) is 0 Å². The maximum absolute atomic E-state index is 3.40. The summed E-state index contributed by atoms with van der Waals surface area (Å²) in [6, 6.07) is 0. The van der Waals surface area contributed by atoms with E-state index in [1.54, 1.807) is 0 Å². The molecule has 0 aromatic heterocycles. The highest BCUT2D eigenvalue weighted by Gasteiger charge is 2.14. The van der Waals surface area contributed by atoms with Crippen molar-refractivity contribution in [1.29, 1.82) is 0 Å². The SMILES string of the molecule is C1CCCN(CN2CCNCC2)CC1. The predicted molar refractivity (Wildman–Crippen MR) is 59.4 cm³/mol. The molecule has 0 saturated carbocycles. The topological polar surface area (TPSA) is 18.5 Å². The Morgan fingerprint density at radius 3 is 1.93 bits per heavy atom. The smallest absolute Gasteiger partial charge is 0.0507 e. The molecule has 2 saturated heterocycles. The van der Waals surface area contributed by atoms with Gasteiger partial charge in [-0.1, -0.05) is 12.8 Å². The monoisotopic (exact) mass is 197 g/mol. The highest BCUT2D eigenvalue weighted by atomic mass is 15.3. The number of rotatable bonds is 2. The van der Waals surface area contributed by atoms with Crippen molar-refractivity contribution < 1.29 is 0 Å². The van der Waals surface area contributed by atoms with Crippen LogP contribution in [0.1, 0.15) is 25.7 Å². The van der Waals surface area contributed by atoms with Gasteiger partial charge in [0, 0.05) is 26.2 Å². The van der Waals surface area contributed by atoms with Crippen LogP contribution < -0.4 is 5.32 Å². The van der Waals surface area contributed by atoms with Crippen molar-refractivity contribution in [3.63, 3.8) is 0 Å². The summed E-state index contributed by atoms with van der Waals surface area (Å²) in [4.78, 5) is 5.22. The minimum Gasteiger partial charge on any atom is -0.314 e. The van der Waals surface area contributed by atoms with Gasteiger partial charge >= 0.3 is 0 Å². The maximum atomic E-state index is 3.40. The van der Waals surface area contributed by atoms with Gasteiger partial charge in [-0.15, -0.1) is 0 Å². The standard InChI is InChI=1S/C11H23N3/c1-2-4-8-13(7-3-1)11-14-9-5-12-6-10-14/h12H,1-11H2. The first-order valence-electron chi connectivity index (χ1n) is 6.10. The van der Waals surface area contributed by atoms with Crippen molar-refractivity contribution in [3.8, 4) is 0 Å². The van der Waals surface area contributed by atoms with Crippen LogP contribution >= 0.6 is 0 Å². The molecule has 0 radical (unpaired) electrons. The number of nitrogens with one attached hydrogen (secondary N) is 1. The highest BCUT2D eigenvalue weighted by Crippen LogP contribution is 2.10. The molecule has 2 fully saturated rings. The first-order valence-corrected chi connectivity index (χ1v) is 6.10. The lowest BCUT2D eigenvalue weighted by Crippen LogP contribution is -2.48. The van der Waals surface area contributed by atoms with Crippen molar-refractivity contribution in [2.45, 2.75) is 25.7 Å². The molecule has 0 aromatic carbocycles. The predicted octanol–water partition coefficient (Wildman–Crippen LogP) is 0.725. The third kappa shape index (κ3) is 3.23. The second-order valence-electron chi connectivity index (χ2n) is 4.54. The molecular weight excluding hydrogens is 174 g/mol. The first-order chi connectivity index (χ1) is 6.95. The van der Waals surface area contributed by atoms with Gasteiger partial charge < -0.3 is 5.32 Å². The van der Waals surface area contributed by atoms with Crippen molar-refractivity contribution in [1.82, 2.24) is 15.1 Å². The summed E-state index contributed by atoms with van der Waals surface area (Å²) in [5.41, 5.74) is 0. The van der Waals surface area contributed by atoms with E-state index in [0.29, 0.717) is 0 Å². The number of piperazine rings is 1. The molecule has 0 aliphatic carbocycles. The summed E-state index contributed by atoms with van der Waals surface area (Å²) < 4.78 is 0. The minimum atomic E-state index is 1.17. The Hall–Kier alpha value is -0.120. The summed E-state index contributed by atoms with van der Waals surface area (Å²) in [6.07, 6.45) is 5.70. The largest absolute Gasteiger partial charge is 0.314 e. The Kier molecular flexibility index (Phi) is 4.22. The molecule has 2 rings (SSSR count). The molecule has 14 heavy (non-hydrogen) atoms. The molecule has 0 bridgehead atoms. The summed E-state index contributed by atoms with van der Waals surface area (Å²) >= 11 is 0. The minimum absolute atomic E-state index is 1.17. The van der Waals surface area contributed by atoms with Crippen LogP contribution in [0.4, 0.5) is 0 Å². The van der Waals surface area contributed by atoms with E-state index in [2.05, 4.69) is 15.1 Å². The summed E-state index contributed by atoms with van der Waals surface area (Å²) in [5.74, 6) is 0. The molecule has 0 amide bonds. The number of likely N-dealkylation sites (tertiary alicyclic amines) is 1. The lowest BCUT2D eigenvalue weighted by atomic mass is 10.2. The molecule has 2 aliphatic rings. The van der Waals surface area contributed by atoms with Gasteiger partial charge in [0.25, 0.3) is 0 Å². The van der Waals surface area contributed by atoms with E-state index in [-0.39, 0.29) is 0 Å². The molecule has 0 aromatic rings. The summed E-state index contributed by atoms with van der Waals surface area (Å²) in [6.45, 7) is 8.67. The second kappa shape index (κ2) is 5.69. The van der Waals surface area contributed by atoms with Gasteiger partial charge in [0.1, 0.15) is 0 Å². The van der Waals surface area contributed by atoms with Crippen LogP contribution in [0.25, 0.3) is 0 Å². The molecular formula is C11H23N3.